The first-order chi connectivity index (χ1) is 10.8. The molecule has 2 atom stereocenters. The lowest BCUT2D eigenvalue weighted by Gasteiger charge is -2.24. The van der Waals surface area contributed by atoms with Crippen LogP contribution >= 0.6 is 0 Å². The van der Waals surface area contributed by atoms with Gasteiger partial charge in [0.1, 0.15) is 5.72 Å². The van der Waals surface area contributed by atoms with Gasteiger partial charge in [0.05, 0.1) is 19.6 Å². The van der Waals surface area contributed by atoms with Crippen molar-refractivity contribution in [3.05, 3.63) is 0 Å². The van der Waals surface area contributed by atoms with Crippen LogP contribution in [0.15, 0.2) is 0 Å². The Hall–Kier alpha value is -1.58. The Morgan fingerprint density at radius 3 is 2.74 bits per heavy atom. The molecule has 1 aliphatic rings. The van der Waals surface area contributed by atoms with E-state index in [2.05, 4.69) is 5.32 Å². The molecule has 3 amide bonds. The van der Waals surface area contributed by atoms with E-state index >= 15 is 0 Å². The lowest BCUT2D eigenvalue weighted by molar-refractivity contribution is -0.140. The molecule has 8 nitrogen and oxygen atoms in total. The van der Waals surface area contributed by atoms with Crippen LogP contribution in [-0.4, -0.2) is 67.9 Å². The number of methoxy groups -OCH3 is 1. The van der Waals surface area contributed by atoms with Gasteiger partial charge in [-0.25, -0.2) is 4.39 Å². The van der Waals surface area contributed by atoms with Gasteiger partial charge in [-0.15, -0.1) is 0 Å². The summed E-state index contributed by atoms with van der Waals surface area (Å²) in [7, 11) is 1.57. The molecule has 0 aliphatic carbocycles. The van der Waals surface area contributed by atoms with Crippen LogP contribution in [0.4, 0.5) is 4.39 Å². The Morgan fingerprint density at radius 2 is 2.17 bits per heavy atom. The normalized spacial score (nSPS) is 20.7. The number of carbonyl (C=O) groups is 3. The van der Waals surface area contributed by atoms with Crippen LogP contribution in [0.25, 0.3) is 0 Å². The molecular weight excluding hydrogens is 309 g/mol. The zero-order valence-electron chi connectivity index (χ0n) is 13.5. The van der Waals surface area contributed by atoms with E-state index in [4.69, 9.17) is 15.2 Å². The zero-order valence-corrected chi connectivity index (χ0v) is 13.5. The lowest BCUT2D eigenvalue weighted by atomic mass is 10.2. The van der Waals surface area contributed by atoms with E-state index in [-0.39, 0.29) is 32.0 Å². The predicted octanol–water partition coefficient (Wildman–Crippen LogP) is -0.682. The molecule has 0 aromatic carbocycles. The molecule has 1 aliphatic heterocycles. The zero-order chi connectivity index (χ0) is 17.5. The maximum Gasteiger partial charge on any atom is 0.264 e. The minimum Gasteiger partial charge on any atom is -0.385 e. The van der Waals surface area contributed by atoms with E-state index in [1.54, 1.807) is 14.0 Å². The van der Waals surface area contributed by atoms with Crippen LogP contribution in [0.5, 0.6) is 0 Å². The first-order valence-corrected chi connectivity index (χ1v) is 7.43. The Kier molecular flexibility index (Phi) is 7.53. The number of nitrogens with two attached hydrogens (primary N) is 1. The third-order valence-corrected chi connectivity index (χ3v) is 3.41. The molecule has 0 spiro atoms. The lowest BCUT2D eigenvalue weighted by Crippen LogP contribution is -2.42. The van der Waals surface area contributed by atoms with Crippen molar-refractivity contribution in [2.24, 2.45) is 5.73 Å². The van der Waals surface area contributed by atoms with E-state index in [0.29, 0.717) is 13.0 Å². The average molecular weight is 333 g/mol. The second-order valence-electron chi connectivity index (χ2n) is 5.56. The first-order valence-electron chi connectivity index (χ1n) is 7.43. The number of nitrogens with zero attached hydrogens (tertiary/aromatic N) is 1. The van der Waals surface area contributed by atoms with Crippen molar-refractivity contribution in [1.29, 1.82) is 0 Å². The number of ether oxygens (including phenoxy) is 2. The van der Waals surface area contributed by atoms with Crippen molar-refractivity contribution in [1.82, 2.24) is 10.2 Å². The summed E-state index contributed by atoms with van der Waals surface area (Å²) in [5.74, 6) is -1.81. The number of hydrogen-bond donors (Lipinski definition) is 2. The highest BCUT2D eigenvalue weighted by molar-refractivity contribution is 6.05. The number of alkyl halides is 1. The minimum absolute atomic E-state index is 0.0756. The summed E-state index contributed by atoms with van der Waals surface area (Å²) in [6, 6.07) is 0. The Balaban J connectivity index is 2.18. The fraction of sp³-hybridized carbons (Fsp3) is 0.786. The molecule has 0 aromatic heterocycles. The van der Waals surface area contributed by atoms with Crippen LogP contribution in [0.3, 0.4) is 0 Å². The number of hydrogen-bond acceptors (Lipinski definition) is 6. The molecule has 0 aromatic rings. The molecule has 9 heteroatoms. The summed E-state index contributed by atoms with van der Waals surface area (Å²) in [6.45, 7) is 2.52. The maximum absolute atomic E-state index is 13.0. The monoisotopic (exact) mass is 333 g/mol. The highest BCUT2D eigenvalue weighted by Gasteiger charge is 2.38. The average Bonchev–Trinajstić information content (AvgIpc) is 2.73. The number of nitrogens with one attached hydrogen (secondary N) is 1. The maximum atomic E-state index is 13.0. The summed E-state index contributed by atoms with van der Waals surface area (Å²) in [4.78, 5) is 35.1. The van der Waals surface area contributed by atoms with Gasteiger partial charge in [0.25, 0.3) is 5.91 Å². The Morgan fingerprint density at radius 1 is 1.48 bits per heavy atom. The Labute approximate surface area is 134 Å². The van der Waals surface area contributed by atoms with E-state index in [1.165, 1.54) is 0 Å². The molecule has 3 N–H and O–H groups in total. The minimum atomic E-state index is -1.78. The standard InChI is InChI=1S/C14H24FN3O5/c1-14(16,4-7-22-2)23-8-5-17-11(19)3-6-18-12(20)9-10(15)13(18)21/h10H,3-9,16H2,1-2H3,(H,17,19). The summed E-state index contributed by atoms with van der Waals surface area (Å²) in [6.07, 6.45) is -1.78. The van der Waals surface area contributed by atoms with Gasteiger partial charge in [0.2, 0.25) is 11.8 Å². The van der Waals surface area contributed by atoms with Crippen LogP contribution in [0, 0.1) is 0 Å². The SMILES string of the molecule is COCCC(C)(N)OCCNC(=O)CCN1C(=O)CC(F)C1=O. The van der Waals surface area contributed by atoms with Crippen molar-refractivity contribution < 1.29 is 28.2 Å². The Bertz CT molecular complexity index is 444. The van der Waals surface area contributed by atoms with E-state index < -0.39 is 30.1 Å². The molecule has 0 bridgehead atoms. The van der Waals surface area contributed by atoms with Gasteiger partial charge in [-0.2, -0.15) is 0 Å². The van der Waals surface area contributed by atoms with Gasteiger partial charge in [-0.1, -0.05) is 0 Å². The molecular formula is C14H24FN3O5. The van der Waals surface area contributed by atoms with Crippen LogP contribution in [0.2, 0.25) is 0 Å². The van der Waals surface area contributed by atoms with E-state index in [1.807, 2.05) is 0 Å². The van der Waals surface area contributed by atoms with Crippen molar-refractivity contribution in [3.8, 4) is 0 Å². The topological polar surface area (TPSA) is 111 Å². The number of likely N-dealkylation sites (tertiary alicyclic amines) is 1. The van der Waals surface area contributed by atoms with Crippen molar-refractivity contribution in [3.63, 3.8) is 0 Å². The summed E-state index contributed by atoms with van der Waals surface area (Å²) in [5.41, 5.74) is 5.03. The van der Waals surface area contributed by atoms with Crippen molar-refractivity contribution >= 4 is 17.7 Å². The largest absolute Gasteiger partial charge is 0.385 e. The molecule has 1 rings (SSSR count). The summed E-state index contributed by atoms with van der Waals surface area (Å²) < 4.78 is 23.4. The molecule has 0 saturated carbocycles. The van der Waals surface area contributed by atoms with Crippen molar-refractivity contribution in [2.45, 2.75) is 38.1 Å². The van der Waals surface area contributed by atoms with E-state index in [9.17, 15) is 18.8 Å². The van der Waals surface area contributed by atoms with Gasteiger partial charge in [0, 0.05) is 33.0 Å². The summed E-state index contributed by atoms with van der Waals surface area (Å²) >= 11 is 0. The van der Waals surface area contributed by atoms with Gasteiger partial charge < -0.3 is 20.5 Å². The van der Waals surface area contributed by atoms with Crippen LogP contribution in [0.1, 0.15) is 26.2 Å². The quantitative estimate of drug-likeness (QED) is 0.311. The number of halogens is 1. The molecule has 132 valence electrons. The highest BCUT2D eigenvalue weighted by Crippen LogP contribution is 2.15. The summed E-state index contributed by atoms with van der Waals surface area (Å²) in [5, 5.41) is 2.58. The molecule has 23 heavy (non-hydrogen) atoms. The molecule has 1 heterocycles. The molecule has 1 fully saturated rings. The van der Waals surface area contributed by atoms with Crippen molar-refractivity contribution in [2.75, 3.05) is 33.4 Å². The fourth-order valence-electron chi connectivity index (χ4n) is 2.03. The molecule has 2 unspecified atom stereocenters. The van der Waals surface area contributed by atoms with Gasteiger partial charge >= 0.3 is 0 Å². The molecule has 0 radical (unpaired) electrons. The molecule has 1 saturated heterocycles. The van der Waals surface area contributed by atoms with Gasteiger partial charge in [-0.05, 0) is 6.92 Å². The van der Waals surface area contributed by atoms with E-state index in [0.717, 1.165) is 4.90 Å². The van der Waals surface area contributed by atoms with Gasteiger partial charge in [-0.3, -0.25) is 19.3 Å². The second kappa shape index (κ2) is 8.90. The number of amides is 3. The fourth-order valence-corrected chi connectivity index (χ4v) is 2.03. The second-order valence-corrected chi connectivity index (χ2v) is 5.56. The smallest absolute Gasteiger partial charge is 0.264 e. The van der Waals surface area contributed by atoms with Gasteiger partial charge in [0.15, 0.2) is 6.17 Å². The third-order valence-electron chi connectivity index (χ3n) is 3.41. The number of rotatable bonds is 10. The third kappa shape index (κ3) is 6.59. The number of carbonyl (C=O) groups excluding carboxylic acids is 3. The highest BCUT2D eigenvalue weighted by atomic mass is 19.1. The van der Waals surface area contributed by atoms with Crippen LogP contribution < -0.4 is 11.1 Å². The first kappa shape index (κ1) is 19.5. The number of imide groups is 1. The van der Waals surface area contributed by atoms with Crippen LogP contribution in [-0.2, 0) is 23.9 Å². The predicted molar refractivity (Wildman–Crippen MR) is 78.9 cm³/mol.